The highest BCUT2D eigenvalue weighted by Crippen LogP contribution is 2.27. The average molecular weight is 219 g/mol. The maximum Gasteiger partial charge on any atom is 0.0994 e. The van der Waals surface area contributed by atoms with E-state index in [1.54, 1.807) is 0 Å². The molecule has 3 heteroatoms. The fraction of sp³-hybridized carbons (Fsp3) is 0. The van der Waals surface area contributed by atoms with Crippen LogP contribution >= 0.6 is 0 Å². The number of nitrogens with one attached hydrogen (secondary N) is 1. The van der Waals surface area contributed by atoms with Crippen LogP contribution in [0.15, 0.2) is 48.8 Å². The molecule has 3 aromatic heterocycles. The molecule has 0 aliphatic heterocycles. The molecule has 0 aliphatic rings. The Hall–Kier alpha value is -2.42. The maximum atomic E-state index is 4.66. The van der Waals surface area contributed by atoms with Gasteiger partial charge in [-0.2, -0.15) is 0 Å². The zero-order valence-electron chi connectivity index (χ0n) is 9.01. The van der Waals surface area contributed by atoms with Gasteiger partial charge >= 0.3 is 0 Å². The van der Waals surface area contributed by atoms with Crippen LogP contribution in [0.1, 0.15) is 0 Å². The molecule has 0 unspecified atom stereocenters. The second-order valence-corrected chi connectivity index (χ2v) is 4.08. The van der Waals surface area contributed by atoms with Crippen molar-refractivity contribution in [2.45, 2.75) is 0 Å². The van der Waals surface area contributed by atoms with Crippen molar-refractivity contribution in [3.05, 3.63) is 48.8 Å². The van der Waals surface area contributed by atoms with Gasteiger partial charge in [0.05, 0.1) is 28.3 Å². The number of aromatic nitrogens is 3. The number of para-hydroxylation sites is 1. The molecule has 17 heavy (non-hydrogen) atoms. The van der Waals surface area contributed by atoms with Gasteiger partial charge in [0.2, 0.25) is 0 Å². The number of rotatable bonds is 0. The largest absolute Gasteiger partial charge is 0.360 e. The van der Waals surface area contributed by atoms with Crippen LogP contribution in [0.5, 0.6) is 0 Å². The third-order valence-electron chi connectivity index (χ3n) is 3.08. The van der Waals surface area contributed by atoms with Crippen molar-refractivity contribution in [1.82, 2.24) is 15.0 Å². The van der Waals surface area contributed by atoms with Gasteiger partial charge in [-0.15, -0.1) is 0 Å². The molecule has 0 bridgehead atoms. The Labute approximate surface area is 97.1 Å². The molecular weight excluding hydrogens is 210 g/mol. The molecule has 0 amide bonds. The summed E-state index contributed by atoms with van der Waals surface area (Å²) in [5.74, 6) is 0. The zero-order chi connectivity index (χ0) is 11.2. The van der Waals surface area contributed by atoms with E-state index in [1.807, 2.05) is 36.7 Å². The monoisotopic (exact) mass is 219 g/mol. The smallest absolute Gasteiger partial charge is 0.0994 e. The van der Waals surface area contributed by atoms with E-state index in [0.717, 1.165) is 32.8 Å². The lowest BCUT2D eigenvalue weighted by molar-refractivity contribution is 1.36. The minimum Gasteiger partial charge on any atom is -0.360 e. The summed E-state index contributed by atoms with van der Waals surface area (Å²) in [5, 5.41) is 2.24. The van der Waals surface area contributed by atoms with E-state index in [0.29, 0.717) is 0 Å². The summed E-state index contributed by atoms with van der Waals surface area (Å²) in [7, 11) is 0. The second-order valence-electron chi connectivity index (χ2n) is 4.08. The van der Waals surface area contributed by atoms with Crippen LogP contribution in [0.3, 0.4) is 0 Å². The van der Waals surface area contributed by atoms with Crippen molar-refractivity contribution in [1.29, 1.82) is 0 Å². The first kappa shape index (κ1) is 8.70. The lowest BCUT2D eigenvalue weighted by Gasteiger charge is -1.97. The fourth-order valence-corrected chi connectivity index (χ4v) is 2.28. The Morgan fingerprint density at radius 3 is 2.76 bits per heavy atom. The highest BCUT2D eigenvalue weighted by atomic mass is 14.8. The van der Waals surface area contributed by atoms with E-state index >= 15 is 0 Å². The number of hydrogen-bond acceptors (Lipinski definition) is 2. The van der Waals surface area contributed by atoms with Crippen LogP contribution < -0.4 is 0 Å². The number of nitrogens with zero attached hydrogens (tertiary/aromatic N) is 2. The van der Waals surface area contributed by atoms with Crippen molar-refractivity contribution < 1.29 is 0 Å². The zero-order valence-corrected chi connectivity index (χ0v) is 9.01. The molecule has 1 N–H and O–H groups in total. The molecule has 0 saturated heterocycles. The summed E-state index contributed by atoms with van der Waals surface area (Å²) in [4.78, 5) is 12.3. The van der Waals surface area contributed by atoms with Crippen LogP contribution in [0.25, 0.3) is 32.8 Å². The quantitative estimate of drug-likeness (QED) is 0.493. The molecule has 0 radical (unpaired) electrons. The van der Waals surface area contributed by atoms with Gasteiger partial charge in [-0.05, 0) is 18.2 Å². The highest BCUT2D eigenvalue weighted by Gasteiger charge is 2.08. The van der Waals surface area contributed by atoms with E-state index in [-0.39, 0.29) is 0 Å². The second kappa shape index (κ2) is 3.04. The van der Waals surface area contributed by atoms with E-state index in [2.05, 4.69) is 27.1 Å². The number of H-pyrrole nitrogens is 1. The van der Waals surface area contributed by atoms with Crippen LogP contribution in [0.4, 0.5) is 0 Å². The van der Waals surface area contributed by atoms with Gasteiger partial charge in [0.25, 0.3) is 0 Å². The summed E-state index contributed by atoms with van der Waals surface area (Å²) in [6, 6.07) is 12.2. The standard InChI is InChI=1S/C14H9N3/c1-2-6-11-9(4-1)13-14(17-11)10-5-3-7-15-12(10)8-16-13/h1-8,15H. The first-order valence-corrected chi connectivity index (χ1v) is 5.54. The lowest BCUT2D eigenvalue weighted by Crippen LogP contribution is -1.81. The molecule has 3 heterocycles. The summed E-state index contributed by atoms with van der Waals surface area (Å²) in [6.45, 7) is 0. The summed E-state index contributed by atoms with van der Waals surface area (Å²) >= 11 is 0. The van der Waals surface area contributed by atoms with Crippen LogP contribution in [-0.2, 0) is 0 Å². The van der Waals surface area contributed by atoms with Crippen LogP contribution in [0.2, 0.25) is 0 Å². The van der Waals surface area contributed by atoms with Gasteiger partial charge in [0.15, 0.2) is 0 Å². The number of fused-ring (bicyclic) bond motifs is 5. The van der Waals surface area contributed by atoms with Crippen molar-refractivity contribution in [3.63, 3.8) is 0 Å². The molecule has 80 valence electrons. The Morgan fingerprint density at radius 2 is 1.76 bits per heavy atom. The third kappa shape index (κ3) is 1.11. The Bertz CT molecular complexity index is 846. The van der Waals surface area contributed by atoms with Gasteiger partial charge in [-0.25, -0.2) is 4.98 Å². The molecule has 0 spiro atoms. The van der Waals surface area contributed by atoms with E-state index < -0.39 is 0 Å². The van der Waals surface area contributed by atoms with Gasteiger partial charge < -0.3 is 4.98 Å². The van der Waals surface area contributed by atoms with Gasteiger partial charge in [0, 0.05) is 17.0 Å². The first-order chi connectivity index (χ1) is 8.43. The maximum absolute atomic E-state index is 4.66. The Morgan fingerprint density at radius 1 is 0.882 bits per heavy atom. The average Bonchev–Trinajstić information content (AvgIpc) is 2.78. The van der Waals surface area contributed by atoms with Gasteiger partial charge in [-0.1, -0.05) is 18.2 Å². The molecule has 4 aromatic rings. The SMILES string of the molecule is c1ccc2c(c1)nc1c3ccc[nH]c3cnc21. The summed E-state index contributed by atoms with van der Waals surface area (Å²) in [6.07, 6.45) is 3.77. The Kier molecular flexibility index (Phi) is 1.56. The first-order valence-electron chi connectivity index (χ1n) is 5.54. The minimum absolute atomic E-state index is 0.973. The molecule has 0 fully saturated rings. The highest BCUT2D eigenvalue weighted by molar-refractivity contribution is 6.13. The minimum atomic E-state index is 0.973. The number of pyridine rings is 2. The van der Waals surface area contributed by atoms with Crippen molar-refractivity contribution >= 4 is 32.8 Å². The van der Waals surface area contributed by atoms with Crippen molar-refractivity contribution in [2.24, 2.45) is 0 Å². The van der Waals surface area contributed by atoms with Crippen molar-refractivity contribution in [3.8, 4) is 0 Å². The number of benzene rings is 1. The number of hydrogen-bond donors (Lipinski definition) is 1. The van der Waals surface area contributed by atoms with Crippen molar-refractivity contribution in [2.75, 3.05) is 0 Å². The third-order valence-corrected chi connectivity index (χ3v) is 3.08. The molecule has 0 aliphatic carbocycles. The Balaban J connectivity index is 2.34. The van der Waals surface area contributed by atoms with E-state index in [9.17, 15) is 0 Å². The van der Waals surface area contributed by atoms with E-state index in [4.69, 9.17) is 0 Å². The molecule has 0 atom stereocenters. The predicted octanol–water partition coefficient (Wildman–Crippen LogP) is 3.26. The van der Waals surface area contributed by atoms with Gasteiger partial charge in [-0.3, -0.25) is 4.98 Å². The summed E-state index contributed by atoms with van der Waals surface area (Å²) in [5.41, 5.74) is 3.97. The molecule has 4 rings (SSSR count). The van der Waals surface area contributed by atoms with E-state index in [1.165, 1.54) is 0 Å². The predicted molar refractivity (Wildman–Crippen MR) is 68.9 cm³/mol. The van der Waals surface area contributed by atoms with Gasteiger partial charge in [0.1, 0.15) is 0 Å². The normalized spacial score (nSPS) is 11.5. The lowest BCUT2D eigenvalue weighted by atomic mass is 10.2. The summed E-state index contributed by atoms with van der Waals surface area (Å²) < 4.78 is 0. The molecule has 1 aromatic carbocycles. The topological polar surface area (TPSA) is 41.6 Å². The molecule has 0 saturated carbocycles. The molecular formula is C14H9N3. The van der Waals surface area contributed by atoms with Crippen LogP contribution in [0, 0.1) is 0 Å². The van der Waals surface area contributed by atoms with Crippen LogP contribution in [-0.4, -0.2) is 15.0 Å². The number of aromatic amines is 1. The fourth-order valence-electron chi connectivity index (χ4n) is 2.28. The molecule has 3 nitrogen and oxygen atoms in total.